The van der Waals surface area contributed by atoms with E-state index in [-0.39, 0.29) is 12.0 Å². The fraction of sp³-hybridized carbons (Fsp3) is 0.704. The van der Waals surface area contributed by atoms with Gasteiger partial charge in [-0.3, -0.25) is 9.59 Å². The monoisotopic (exact) mass is 476 g/mol. The van der Waals surface area contributed by atoms with E-state index in [2.05, 4.69) is 12.1 Å². The lowest BCUT2D eigenvalue weighted by molar-refractivity contribution is -0.290. The number of unbranched alkanes of at least 4 members (excludes halogenated alkanes) is 1. The molecular formula is C27H40O7. The molecule has 2 aliphatic rings. The Morgan fingerprint density at radius 3 is 2.26 bits per heavy atom. The van der Waals surface area contributed by atoms with Crippen LogP contribution in [0.4, 0.5) is 0 Å². The fourth-order valence-corrected chi connectivity index (χ4v) is 4.58. The van der Waals surface area contributed by atoms with Gasteiger partial charge >= 0.3 is 11.9 Å². The number of carbonyl (C=O) groups is 2. The smallest absolute Gasteiger partial charge is 0.303 e. The maximum atomic E-state index is 11.7. The fourth-order valence-electron chi connectivity index (χ4n) is 4.58. The van der Waals surface area contributed by atoms with E-state index in [0.717, 1.165) is 44.0 Å². The summed E-state index contributed by atoms with van der Waals surface area (Å²) in [6, 6.07) is 8.33. The Kier molecular flexibility index (Phi) is 10.2. The molecule has 1 aromatic carbocycles. The number of benzene rings is 1. The van der Waals surface area contributed by atoms with E-state index in [1.807, 2.05) is 26.0 Å². The zero-order valence-corrected chi connectivity index (χ0v) is 21.0. The van der Waals surface area contributed by atoms with E-state index >= 15 is 0 Å². The first-order chi connectivity index (χ1) is 16.4. The average Bonchev–Trinajstić information content (AvgIpc) is 2.76. The Labute approximate surface area is 203 Å². The van der Waals surface area contributed by atoms with Crippen LogP contribution in [-0.4, -0.2) is 49.8 Å². The minimum Gasteiger partial charge on any atom is -0.493 e. The number of hydrogen-bond donors (Lipinski definition) is 0. The Morgan fingerprint density at radius 1 is 1.00 bits per heavy atom. The third-order valence-electron chi connectivity index (χ3n) is 6.79. The molecule has 5 atom stereocenters. The van der Waals surface area contributed by atoms with Gasteiger partial charge in [-0.05, 0) is 62.1 Å². The van der Waals surface area contributed by atoms with E-state index in [1.165, 1.54) is 38.7 Å². The molecule has 0 radical (unpaired) electrons. The van der Waals surface area contributed by atoms with Crippen molar-refractivity contribution in [3.63, 3.8) is 0 Å². The second-order valence-electron chi connectivity index (χ2n) is 9.54. The molecule has 7 heteroatoms. The molecule has 0 N–H and O–H groups in total. The predicted octanol–water partition coefficient (Wildman–Crippen LogP) is 4.84. The van der Waals surface area contributed by atoms with Crippen molar-refractivity contribution in [3.05, 3.63) is 29.8 Å². The summed E-state index contributed by atoms with van der Waals surface area (Å²) in [5.74, 6) is 0.685. The molecule has 0 aromatic heterocycles. The second-order valence-corrected chi connectivity index (χ2v) is 9.54. The van der Waals surface area contributed by atoms with Crippen molar-refractivity contribution >= 4 is 11.9 Å². The first-order valence-electron chi connectivity index (χ1n) is 12.7. The van der Waals surface area contributed by atoms with E-state index in [9.17, 15) is 9.59 Å². The molecule has 2 fully saturated rings. The van der Waals surface area contributed by atoms with E-state index < -0.39 is 30.4 Å². The summed E-state index contributed by atoms with van der Waals surface area (Å²) >= 11 is 0. The predicted molar refractivity (Wildman–Crippen MR) is 127 cm³/mol. The van der Waals surface area contributed by atoms with Crippen LogP contribution in [0.3, 0.4) is 0 Å². The van der Waals surface area contributed by atoms with E-state index in [4.69, 9.17) is 23.7 Å². The molecule has 7 nitrogen and oxygen atoms in total. The molecule has 1 aliphatic carbocycles. The molecule has 3 rings (SSSR count). The normalized spacial score (nSPS) is 27.0. The lowest BCUT2D eigenvalue weighted by Crippen LogP contribution is -2.57. The molecule has 34 heavy (non-hydrogen) atoms. The average molecular weight is 477 g/mol. The van der Waals surface area contributed by atoms with Gasteiger partial charge in [0.05, 0.1) is 12.7 Å². The van der Waals surface area contributed by atoms with Gasteiger partial charge in [-0.2, -0.15) is 0 Å². The summed E-state index contributed by atoms with van der Waals surface area (Å²) in [6.07, 6.45) is 5.08. The van der Waals surface area contributed by atoms with Crippen molar-refractivity contribution in [1.29, 1.82) is 0 Å². The van der Waals surface area contributed by atoms with Crippen molar-refractivity contribution in [3.8, 4) is 5.75 Å². The third-order valence-corrected chi connectivity index (χ3v) is 6.79. The van der Waals surface area contributed by atoms with Gasteiger partial charge in [0, 0.05) is 26.4 Å². The highest BCUT2D eigenvalue weighted by molar-refractivity contribution is 5.67. The van der Waals surface area contributed by atoms with Crippen molar-refractivity contribution in [2.24, 2.45) is 11.8 Å². The zero-order chi connectivity index (χ0) is 24.5. The molecule has 1 saturated carbocycles. The topological polar surface area (TPSA) is 80.3 Å². The van der Waals surface area contributed by atoms with Crippen LogP contribution in [0.15, 0.2) is 24.3 Å². The second kappa shape index (κ2) is 13.1. The molecule has 0 unspecified atom stereocenters. The van der Waals surface area contributed by atoms with Gasteiger partial charge in [0.15, 0.2) is 12.4 Å². The summed E-state index contributed by atoms with van der Waals surface area (Å²) in [7, 11) is 0. The number of esters is 2. The van der Waals surface area contributed by atoms with Crippen LogP contribution >= 0.6 is 0 Å². The Balaban J connectivity index is 1.45. The van der Waals surface area contributed by atoms with E-state index in [1.54, 1.807) is 0 Å². The summed E-state index contributed by atoms with van der Waals surface area (Å²) in [6.45, 7) is 7.93. The maximum Gasteiger partial charge on any atom is 0.303 e. The van der Waals surface area contributed by atoms with Gasteiger partial charge in [-0.15, -0.1) is 0 Å². The van der Waals surface area contributed by atoms with Gasteiger partial charge in [0.2, 0.25) is 0 Å². The van der Waals surface area contributed by atoms with Crippen LogP contribution in [-0.2, 0) is 35.0 Å². The molecule has 0 bridgehead atoms. The standard InChI is InChI=1S/C27H40O7/c1-5-24-18(2)25(32-19(3)28)26(33-20(4)29)27(34-24)30-16-7-6-9-21-12-14-23(15-13-21)31-17-22-10-8-11-22/h12-15,18,22,24-27H,5-11,16-17H2,1-4H3/t18-,24-,25+,26-,27-/m1/s1. The Morgan fingerprint density at radius 2 is 1.68 bits per heavy atom. The van der Waals surface area contributed by atoms with Gasteiger partial charge in [0.1, 0.15) is 11.9 Å². The quantitative estimate of drug-likeness (QED) is 0.315. The molecule has 1 saturated heterocycles. The number of hydrogen-bond acceptors (Lipinski definition) is 7. The molecule has 1 aromatic rings. The Hall–Kier alpha value is -2.12. The van der Waals surface area contributed by atoms with Crippen molar-refractivity contribution in [1.82, 2.24) is 0 Å². The zero-order valence-electron chi connectivity index (χ0n) is 21.0. The lowest BCUT2D eigenvalue weighted by Gasteiger charge is -2.43. The van der Waals surface area contributed by atoms with Gasteiger partial charge < -0.3 is 23.7 Å². The van der Waals surface area contributed by atoms with Gasteiger partial charge in [-0.1, -0.05) is 32.4 Å². The number of carbonyl (C=O) groups excluding carboxylic acids is 2. The first kappa shape index (κ1) is 26.5. The van der Waals surface area contributed by atoms with Gasteiger partial charge in [-0.25, -0.2) is 0 Å². The summed E-state index contributed by atoms with van der Waals surface area (Å²) in [5, 5.41) is 0. The van der Waals surface area contributed by atoms with Crippen molar-refractivity contribution < 1.29 is 33.3 Å². The van der Waals surface area contributed by atoms with E-state index in [0.29, 0.717) is 6.61 Å². The van der Waals surface area contributed by atoms with Gasteiger partial charge in [0.25, 0.3) is 0 Å². The molecule has 1 heterocycles. The molecule has 0 amide bonds. The lowest BCUT2D eigenvalue weighted by atomic mass is 9.86. The maximum absolute atomic E-state index is 11.7. The SMILES string of the molecule is CC[C@H]1O[C@@H](OCCCCc2ccc(OCC3CCC3)cc2)[C@H](OC(C)=O)[C@@H](OC(C)=O)[C@@H]1C. The molecule has 0 spiro atoms. The van der Waals surface area contributed by atoms with Crippen molar-refractivity contribution in [2.45, 2.75) is 97.2 Å². The number of rotatable bonds is 12. The van der Waals surface area contributed by atoms with Crippen LogP contribution in [0, 0.1) is 11.8 Å². The minimum atomic E-state index is -0.785. The minimum absolute atomic E-state index is 0.112. The number of ether oxygens (including phenoxy) is 5. The highest BCUT2D eigenvalue weighted by Crippen LogP contribution is 2.33. The summed E-state index contributed by atoms with van der Waals surface area (Å²) < 4.78 is 29.0. The largest absolute Gasteiger partial charge is 0.493 e. The summed E-state index contributed by atoms with van der Waals surface area (Å²) in [5.41, 5.74) is 1.26. The van der Waals surface area contributed by atoms with Crippen molar-refractivity contribution in [2.75, 3.05) is 13.2 Å². The molecule has 190 valence electrons. The van der Waals surface area contributed by atoms with Crippen LogP contribution in [0.2, 0.25) is 0 Å². The highest BCUT2D eigenvalue weighted by atomic mass is 16.7. The highest BCUT2D eigenvalue weighted by Gasteiger charge is 2.47. The third kappa shape index (κ3) is 7.70. The number of aryl methyl sites for hydroxylation is 1. The van der Waals surface area contributed by atoms with Crippen LogP contribution in [0.25, 0.3) is 0 Å². The Bertz CT molecular complexity index is 774. The molecule has 1 aliphatic heterocycles. The van der Waals surface area contributed by atoms with Crippen LogP contribution in [0.5, 0.6) is 5.75 Å². The van der Waals surface area contributed by atoms with Crippen LogP contribution < -0.4 is 4.74 Å². The first-order valence-corrected chi connectivity index (χ1v) is 12.7. The van der Waals surface area contributed by atoms with Crippen LogP contribution in [0.1, 0.15) is 71.8 Å². The summed E-state index contributed by atoms with van der Waals surface area (Å²) in [4.78, 5) is 23.4. The molecular weight excluding hydrogens is 436 g/mol.